The zero-order chi connectivity index (χ0) is 33.8. The number of amides is 4. The first kappa shape index (κ1) is 34.0. The van der Waals surface area contributed by atoms with E-state index in [4.69, 9.17) is 20.6 Å². The van der Waals surface area contributed by atoms with Crippen molar-refractivity contribution in [2.24, 2.45) is 5.73 Å². The maximum Gasteiger partial charge on any atom is 0.413 e. The molecule has 1 fully saturated rings. The second kappa shape index (κ2) is 13.6. The summed E-state index contributed by atoms with van der Waals surface area (Å²) in [5.74, 6) is -0.927. The van der Waals surface area contributed by atoms with Crippen LogP contribution < -0.4 is 21.7 Å². The van der Waals surface area contributed by atoms with Gasteiger partial charge in [-0.25, -0.2) is 9.59 Å². The summed E-state index contributed by atoms with van der Waals surface area (Å²) >= 11 is 0. The number of nitrogens with two attached hydrogens (primary N) is 1. The van der Waals surface area contributed by atoms with Gasteiger partial charge in [0.1, 0.15) is 22.7 Å². The summed E-state index contributed by atoms with van der Waals surface area (Å²) in [4.78, 5) is 49.9. The number of amidine groups is 1. The van der Waals surface area contributed by atoms with Gasteiger partial charge in [-0.15, -0.1) is 0 Å². The molecule has 46 heavy (non-hydrogen) atoms. The van der Waals surface area contributed by atoms with E-state index in [-0.39, 0.29) is 23.8 Å². The van der Waals surface area contributed by atoms with Crippen molar-refractivity contribution in [1.82, 2.24) is 20.5 Å². The largest absolute Gasteiger partial charge is 0.444 e. The molecule has 1 heterocycles. The lowest BCUT2D eigenvalue weighted by molar-refractivity contribution is 0.0486. The van der Waals surface area contributed by atoms with Crippen LogP contribution in [0.2, 0.25) is 0 Å². The molecule has 0 bridgehead atoms. The van der Waals surface area contributed by atoms with Crippen molar-refractivity contribution in [2.75, 3.05) is 0 Å². The van der Waals surface area contributed by atoms with Crippen molar-refractivity contribution in [2.45, 2.75) is 97.1 Å². The molecular formula is C34H44N6O6. The first-order valence-electron chi connectivity index (χ1n) is 15.4. The van der Waals surface area contributed by atoms with Gasteiger partial charge in [-0.2, -0.15) is 0 Å². The van der Waals surface area contributed by atoms with Gasteiger partial charge in [-0.05, 0) is 97.1 Å². The van der Waals surface area contributed by atoms with Crippen LogP contribution in [0.15, 0.2) is 48.5 Å². The Morgan fingerprint density at radius 2 is 1.35 bits per heavy atom. The molecule has 4 amide bonds. The maximum atomic E-state index is 13.8. The van der Waals surface area contributed by atoms with Gasteiger partial charge in [0, 0.05) is 40.7 Å². The highest BCUT2D eigenvalue weighted by molar-refractivity contribution is 6.07. The van der Waals surface area contributed by atoms with E-state index in [1.165, 1.54) is 0 Å². The highest BCUT2D eigenvalue weighted by Crippen LogP contribution is 2.25. The van der Waals surface area contributed by atoms with Gasteiger partial charge >= 0.3 is 12.2 Å². The van der Waals surface area contributed by atoms with Gasteiger partial charge in [-0.1, -0.05) is 24.3 Å². The Hall–Kier alpha value is -4.87. The summed E-state index contributed by atoms with van der Waals surface area (Å²) in [5, 5.41) is 17.8. The Bertz CT molecular complexity index is 1620. The topological polar surface area (TPSA) is 178 Å². The lowest BCUT2D eigenvalue weighted by Crippen LogP contribution is -2.45. The number of alkyl carbamates (subject to hydrolysis) is 2. The smallest absolute Gasteiger partial charge is 0.413 e. The summed E-state index contributed by atoms with van der Waals surface area (Å²) < 4.78 is 12.5. The van der Waals surface area contributed by atoms with Crippen LogP contribution in [0.1, 0.15) is 99.2 Å². The number of aromatic nitrogens is 1. The second-order valence-electron chi connectivity index (χ2n) is 13.6. The highest BCUT2D eigenvalue weighted by Gasteiger charge is 2.27. The molecule has 0 aliphatic heterocycles. The molecule has 0 spiro atoms. The zero-order valence-electron chi connectivity index (χ0n) is 27.3. The van der Waals surface area contributed by atoms with Gasteiger partial charge in [0.15, 0.2) is 0 Å². The SMILES string of the molecule is CC(C)(C)OC(=O)NC(=N)c1ccc2cc(C(=O)N[C@H]3CC[C@H](NC(=O)OC(C)(C)C)CC3)n(Cc3ccc(C(N)=O)cc3)c2c1. The molecule has 6 N–H and O–H groups in total. The molecule has 0 unspecified atom stereocenters. The predicted molar refractivity (Wildman–Crippen MR) is 175 cm³/mol. The number of carbonyl (C=O) groups is 4. The molecule has 1 aromatic heterocycles. The van der Waals surface area contributed by atoms with E-state index in [1.54, 1.807) is 69.3 Å². The highest BCUT2D eigenvalue weighted by atomic mass is 16.6. The minimum atomic E-state index is -0.737. The standard InChI is InChI=1S/C34H44N6O6/c1-33(2,3)45-31(43)38-25-15-13-24(14-16-25)37-30(42)27-17-22-11-12-23(28(35)39-32(44)46-34(4,5)6)18-26(22)40(27)19-20-7-9-21(10-8-20)29(36)41/h7-12,17-18,24-25H,13-16,19H2,1-6H3,(H2,36,41)(H,37,42)(H,38,43)(H2,35,39,44)/t24-,25-. The molecule has 3 aromatic rings. The fourth-order valence-electron chi connectivity index (χ4n) is 5.32. The summed E-state index contributed by atoms with van der Waals surface area (Å²) in [7, 11) is 0. The average molecular weight is 633 g/mol. The van der Waals surface area contributed by atoms with E-state index in [0.29, 0.717) is 54.6 Å². The van der Waals surface area contributed by atoms with Crippen molar-refractivity contribution < 1.29 is 28.7 Å². The fourth-order valence-corrected chi connectivity index (χ4v) is 5.32. The lowest BCUT2D eigenvalue weighted by atomic mass is 9.91. The molecule has 2 aromatic carbocycles. The van der Waals surface area contributed by atoms with Crippen molar-refractivity contribution in [1.29, 1.82) is 5.41 Å². The van der Waals surface area contributed by atoms with Crippen molar-refractivity contribution in [3.05, 3.63) is 70.9 Å². The van der Waals surface area contributed by atoms with Crippen LogP contribution in [0.4, 0.5) is 9.59 Å². The molecule has 4 rings (SSSR count). The summed E-state index contributed by atoms with van der Waals surface area (Å²) in [6.07, 6.45) is 1.61. The maximum absolute atomic E-state index is 13.8. The minimum absolute atomic E-state index is 0.0270. The lowest BCUT2D eigenvalue weighted by Gasteiger charge is -2.30. The first-order valence-corrected chi connectivity index (χ1v) is 15.4. The number of benzene rings is 2. The van der Waals surface area contributed by atoms with Crippen LogP contribution in [0.3, 0.4) is 0 Å². The predicted octanol–water partition coefficient (Wildman–Crippen LogP) is 5.20. The number of fused-ring (bicyclic) bond motifs is 1. The van der Waals surface area contributed by atoms with E-state index < -0.39 is 29.3 Å². The van der Waals surface area contributed by atoms with E-state index in [2.05, 4.69) is 16.0 Å². The van der Waals surface area contributed by atoms with Gasteiger partial charge in [-0.3, -0.25) is 20.3 Å². The fraction of sp³-hybridized carbons (Fsp3) is 0.441. The van der Waals surface area contributed by atoms with Crippen LogP contribution in [0, 0.1) is 5.41 Å². The molecule has 0 saturated heterocycles. The monoisotopic (exact) mass is 632 g/mol. The second-order valence-corrected chi connectivity index (χ2v) is 13.6. The Morgan fingerprint density at radius 1 is 0.804 bits per heavy atom. The van der Waals surface area contributed by atoms with Gasteiger partial charge in [0.05, 0.1) is 0 Å². The molecule has 12 nitrogen and oxygen atoms in total. The van der Waals surface area contributed by atoms with Crippen LogP contribution in [0.25, 0.3) is 10.9 Å². The number of rotatable bonds is 7. The molecule has 0 radical (unpaired) electrons. The zero-order valence-corrected chi connectivity index (χ0v) is 27.3. The molecular weight excluding hydrogens is 588 g/mol. The summed E-state index contributed by atoms with van der Waals surface area (Å²) in [6, 6.07) is 13.8. The quantitative estimate of drug-likeness (QED) is 0.176. The van der Waals surface area contributed by atoms with Gasteiger partial charge in [0.2, 0.25) is 5.91 Å². The van der Waals surface area contributed by atoms with Crippen LogP contribution in [-0.2, 0) is 16.0 Å². The third-order valence-corrected chi connectivity index (χ3v) is 7.41. The minimum Gasteiger partial charge on any atom is -0.444 e. The summed E-state index contributed by atoms with van der Waals surface area (Å²) in [6.45, 7) is 11.0. The number of nitrogens with one attached hydrogen (secondary N) is 4. The van der Waals surface area contributed by atoms with Crippen molar-refractivity contribution >= 4 is 40.7 Å². The Balaban J connectivity index is 1.55. The number of hydrogen-bond donors (Lipinski definition) is 5. The van der Waals surface area contributed by atoms with Crippen molar-refractivity contribution in [3.63, 3.8) is 0 Å². The van der Waals surface area contributed by atoms with Crippen LogP contribution in [-0.4, -0.2) is 57.7 Å². The van der Waals surface area contributed by atoms with Gasteiger partial charge in [0.25, 0.3) is 5.91 Å². The molecule has 0 atom stereocenters. The van der Waals surface area contributed by atoms with Crippen molar-refractivity contribution in [3.8, 4) is 0 Å². The number of hydrogen-bond acceptors (Lipinski definition) is 7. The number of primary amides is 1. The van der Waals surface area contributed by atoms with Crippen LogP contribution in [0.5, 0.6) is 0 Å². The Labute approximate surface area is 268 Å². The molecule has 246 valence electrons. The normalized spacial score (nSPS) is 16.7. The third kappa shape index (κ3) is 9.32. The molecule has 1 saturated carbocycles. The average Bonchev–Trinajstić information content (AvgIpc) is 3.30. The number of nitrogens with zero attached hydrogens (tertiary/aromatic N) is 1. The Kier molecular flexibility index (Phi) is 10.1. The number of ether oxygens (including phenoxy) is 2. The van der Waals surface area contributed by atoms with E-state index >= 15 is 0 Å². The van der Waals surface area contributed by atoms with Crippen LogP contribution >= 0.6 is 0 Å². The van der Waals surface area contributed by atoms with Gasteiger partial charge < -0.3 is 30.4 Å². The number of carbonyl (C=O) groups excluding carboxylic acids is 4. The first-order chi connectivity index (χ1) is 21.5. The summed E-state index contributed by atoms with van der Waals surface area (Å²) in [5.41, 5.74) is 6.87. The Morgan fingerprint density at radius 3 is 1.91 bits per heavy atom. The third-order valence-electron chi connectivity index (χ3n) is 7.41. The van der Waals surface area contributed by atoms with E-state index in [0.717, 1.165) is 10.9 Å². The molecule has 1 aliphatic carbocycles. The molecule has 12 heteroatoms. The van der Waals surface area contributed by atoms with E-state index in [1.807, 2.05) is 25.3 Å². The molecule has 1 aliphatic rings. The van der Waals surface area contributed by atoms with E-state index in [9.17, 15) is 19.2 Å².